The van der Waals surface area contributed by atoms with Crippen LogP contribution in [0.5, 0.6) is 0 Å². The molecule has 1 aromatic rings. The second-order valence-corrected chi connectivity index (χ2v) is 3.18. The Morgan fingerprint density at radius 1 is 1.31 bits per heavy atom. The third kappa shape index (κ3) is 4.43. The van der Waals surface area contributed by atoms with Crippen LogP contribution in [0.2, 0.25) is 0 Å². The molecular formula is C10H13N3O3. The summed E-state index contributed by atoms with van der Waals surface area (Å²) in [4.78, 5) is 26.0. The zero-order valence-corrected chi connectivity index (χ0v) is 8.82. The van der Waals surface area contributed by atoms with Crippen LogP contribution in [0.3, 0.4) is 0 Å². The number of carbonyl (C=O) groups is 2. The van der Waals surface area contributed by atoms with E-state index in [2.05, 4.69) is 10.2 Å². The summed E-state index contributed by atoms with van der Waals surface area (Å²) in [5.41, 5.74) is 8.56. The van der Waals surface area contributed by atoms with Gasteiger partial charge in [-0.05, 0) is 19.1 Å². The van der Waals surface area contributed by atoms with Crippen molar-refractivity contribution < 1.29 is 14.4 Å². The second-order valence-electron chi connectivity index (χ2n) is 3.18. The lowest BCUT2D eigenvalue weighted by Gasteiger charge is -2.06. The van der Waals surface area contributed by atoms with Crippen molar-refractivity contribution in [2.24, 2.45) is 5.73 Å². The van der Waals surface area contributed by atoms with E-state index < -0.39 is 11.9 Å². The van der Waals surface area contributed by atoms with Crippen LogP contribution in [0.4, 0.5) is 10.5 Å². The topological polar surface area (TPSA) is 93.4 Å². The highest BCUT2D eigenvalue weighted by Gasteiger charge is 2.01. The van der Waals surface area contributed by atoms with Crippen molar-refractivity contribution in [1.82, 2.24) is 5.48 Å². The number of anilines is 1. The molecule has 0 unspecified atom stereocenters. The van der Waals surface area contributed by atoms with Gasteiger partial charge < -0.3 is 11.1 Å². The lowest BCUT2D eigenvalue weighted by molar-refractivity contribution is -0.124. The van der Waals surface area contributed by atoms with Crippen LogP contribution in [0.1, 0.15) is 5.56 Å². The number of benzene rings is 1. The van der Waals surface area contributed by atoms with Gasteiger partial charge in [-0.15, -0.1) is 0 Å². The molecule has 0 atom stereocenters. The molecule has 0 aliphatic rings. The predicted octanol–water partition coefficient (Wildman–Crippen LogP) is 0.533. The molecule has 0 saturated carbocycles. The highest BCUT2D eigenvalue weighted by molar-refractivity contribution is 5.88. The summed E-state index contributed by atoms with van der Waals surface area (Å²) in [5.74, 6) is -0.657. The van der Waals surface area contributed by atoms with Crippen LogP contribution in [0.15, 0.2) is 24.3 Å². The Kier molecular flexibility index (Phi) is 4.28. The summed E-state index contributed by atoms with van der Waals surface area (Å²) in [6.45, 7) is 1.58. The van der Waals surface area contributed by atoms with Gasteiger partial charge in [-0.2, -0.15) is 0 Å². The molecule has 0 saturated heterocycles. The first-order valence-corrected chi connectivity index (χ1v) is 4.61. The lowest BCUT2D eigenvalue weighted by atomic mass is 10.2. The molecule has 16 heavy (non-hydrogen) atoms. The minimum absolute atomic E-state index is 0.360. The van der Waals surface area contributed by atoms with Gasteiger partial charge in [0.1, 0.15) is 0 Å². The van der Waals surface area contributed by atoms with E-state index in [0.717, 1.165) is 5.56 Å². The maximum atomic E-state index is 11.2. The quantitative estimate of drug-likeness (QED) is 0.650. The number of aryl methyl sites for hydroxylation is 1. The van der Waals surface area contributed by atoms with Gasteiger partial charge >= 0.3 is 6.03 Å². The number of rotatable bonds is 4. The number of nitrogens with two attached hydrogens (primary N) is 1. The first-order valence-electron chi connectivity index (χ1n) is 4.61. The molecule has 86 valence electrons. The number of primary amides is 1. The molecule has 0 aliphatic carbocycles. The van der Waals surface area contributed by atoms with E-state index in [1.807, 2.05) is 24.5 Å². The minimum atomic E-state index is -0.657. The standard InChI is InChI=1S/C10H13N3O3/c1-7-2-4-8(5-3-7)12-10(15)13-16-6-9(11)14/h2-5H,6H2,1H3,(H2,11,14)(H2,12,13,15). The molecule has 0 bridgehead atoms. The number of hydroxylamine groups is 1. The van der Waals surface area contributed by atoms with Gasteiger partial charge in [0.15, 0.2) is 6.61 Å². The molecule has 6 nitrogen and oxygen atoms in total. The minimum Gasteiger partial charge on any atom is -0.368 e. The van der Waals surface area contributed by atoms with E-state index in [9.17, 15) is 9.59 Å². The van der Waals surface area contributed by atoms with Crippen molar-refractivity contribution >= 4 is 17.6 Å². The van der Waals surface area contributed by atoms with E-state index in [0.29, 0.717) is 5.69 Å². The van der Waals surface area contributed by atoms with E-state index in [1.165, 1.54) is 0 Å². The van der Waals surface area contributed by atoms with E-state index >= 15 is 0 Å². The van der Waals surface area contributed by atoms with Crippen LogP contribution >= 0.6 is 0 Å². The van der Waals surface area contributed by atoms with Crippen molar-refractivity contribution in [2.75, 3.05) is 11.9 Å². The summed E-state index contributed by atoms with van der Waals surface area (Å²) < 4.78 is 0. The Bertz CT molecular complexity index is 375. The molecule has 0 aromatic heterocycles. The van der Waals surface area contributed by atoms with E-state index in [-0.39, 0.29) is 6.61 Å². The van der Waals surface area contributed by atoms with Crippen molar-refractivity contribution in [2.45, 2.75) is 6.92 Å². The van der Waals surface area contributed by atoms with Gasteiger partial charge in [-0.3, -0.25) is 9.63 Å². The summed E-state index contributed by atoms with van der Waals surface area (Å²) >= 11 is 0. The number of urea groups is 1. The zero-order valence-electron chi connectivity index (χ0n) is 8.82. The van der Waals surface area contributed by atoms with E-state index in [4.69, 9.17) is 5.73 Å². The monoisotopic (exact) mass is 223 g/mol. The van der Waals surface area contributed by atoms with Crippen molar-refractivity contribution in [3.05, 3.63) is 29.8 Å². The first-order chi connectivity index (χ1) is 7.58. The third-order valence-electron chi connectivity index (χ3n) is 1.69. The summed E-state index contributed by atoms with van der Waals surface area (Å²) in [6.07, 6.45) is 0. The molecule has 0 heterocycles. The third-order valence-corrected chi connectivity index (χ3v) is 1.69. The molecule has 0 spiro atoms. The Labute approximate surface area is 92.7 Å². The number of carbonyl (C=O) groups excluding carboxylic acids is 2. The van der Waals surface area contributed by atoms with Gasteiger partial charge in [0.05, 0.1) is 0 Å². The van der Waals surface area contributed by atoms with Gasteiger partial charge in [0.25, 0.3) is 0 Å². The summed E-state index contributed by atoms with van der Waals surface area (Å²) in [6, 6.07) is 6.66. The Morgan fingerprint density at radius 2 is 1.94 bits per heavy atom. The smallest absolute Gasteiger partial charge is 0.343 e. The highest BCUT2D eigenvalue weighted by atomic mass is 16.7. The average molecular weight is 223 g/mol. The van der Waals surface area contributed by atoms with Crippen LogP contribution in [-0.2, 0) is 9.63 Å². The van der Waals surface area contributed by atoms with Gasteiger partial charge in [-0.1, -0.05) is 17.7 Å². The zero-order chi connectivity index (χ0) is 12.0. The summed E-state index contributed by atoms with van der Waals surface area (Å²) in [7, 11) is 0. The maximum absolute atomic E-state index is 11.2. The molecule has 1 rings (SSSR count). The van der Waals surface area contributed by atoms with Gasteiger partial charge in [0.2, 0.25) is 5.91 Å². The van der Waals surface area contributed by atoms with Crippen LogP contribution in [0.25, 0.3) is 0 Å². The largest absolute Gasteiger partial charge is 0.368 e. The second kappa shape index (κ2) is 5.72. The molecule has 4 N–H and O–H groups in total. The number of nitrogens with one attached hydrogen (secondary N) is 2. The molecule has 0 aliphatic heterocycles. The summed E-state index contributed by atoms with van der Waals surface area (Å²) in [5, 5.41) is 2.52. The Balaban J connectivity index is 2.34. The van der Waals surface area contributed by atoms with Crippen LogP contribution < -0.4 is 16.5 Å². The fraction of sp³-hybridized carbons (Fsp3) is 0.200. The molecule has 0 radical (unpaired) electrons. The fourth-order valence-corrected chi connectivity index (χ4v) is 0.966. The van der Waals surface area contributed by atoms with Crippen LogP contribution in [0, 0.1) is 6.92 Å². The van der Waals surface area contributed by atoms with Crippen molar-refractivity contribution in [3.8, 4) is 0 Å². The van der Waals surface area contributed by atoms with Crippen molar-refractivity contribution in [3.63, 3.8) is 0 Å². The Hall–Kier alpha value is -2.08. The molecular weight excluding hydrogens is 210 g/mol. The Morgan fingerprint density at radius 3 is 2.50 bits per heavy atom. The molecule has 3 amide bonds. The lowest BCUT2D eigenvalue weighted by Crippen LogP contribution is -2.32. The SMILES string of the molecule is Cc1ccc(NC(=O)NOCC(N)=O)cc1. The molecule has 6 heteroatoms. The van der Waals surface area contributed by atoms with Crippen LogP contribution in [-0.4, -0.2) is 18.5 Å². The average Bonchev–Trinajstić information content (AvgIpc) is 2.21. The van der Waals surface area contributed by atoms with Gasteiger partial charge in [0, 0.05) is 5.69 Å². The van der Waals surface area contributed by atoms with E-state index in [1.54, 1.807) is 12.1 Å². The fourth-order valence-electron chi connectivity index (χ4n) is 0.966. The number of amides is 3. The normalized spacial score (nSPS) is 9.56. The molecule has 1 aromatic carbocycles. The van der Waals surface area contributed by atoms with Gasteiger partial charge in [-0.25, -0.2) is 10.3 Å². The first kappa shape index (κ1) is 12.0. The maximum Gasteiger partial charge on any atom is 0.343 e. The number of hydrogen-bond donors (Lipinski definition) is 3. The number of hydrogen-bond acceptors (Lipinski definition) is 3. The van der Waals surface area contributed by atoms with Crippen molar-refractivity contribution in [1.29, 1.82) is 0 Å². The highest BCUT2D eigenvalue weighted by Crippen LogP contribution is 2.07. The molecule has 0 fully saturated rings. The predicted molar refractivity (Wildman–Crippen MR) is 58.5 cm³/mol.